The number of rotatable bonds is 2. The van der Waals surface area contributed by atoms with Gasteiger partial charge >= 0.3 is 0 Å². The third-order valence-corrected chi connectivity index (χ3v) is 2.78. The summed E-state index contributed by atoms with van der Waals surface area (Å²) in [7, 11) is 1.60. The van der Waals surface area contributed by atoms with Crippen LogP contribution in [0.2, 0.25) is 0 Å². The van der Waals surface area contributed by atoms with E-state index in [4.69, 9.17) is 12.2 Å². The molecule has 0 saturated heterocycles. The number of amides is 1. The number of carbonyl (C=O) groups is 1. The molecule has 2 aromatic rings. The highest BCUT2D eigenvalue weighted by Crippen LogP contribution is 2.14. The minimum atomic E-state index is -0.0969. The number of imidazole rings is 1. The molecule has 2 N–H and O–H groups in total. The van der Waals surface area contributed by atoms with Gasteiger partial charge in [-0.2, -0.15) is 0 Å². The molecule has 0 aliphatic carbocycles. The maximum Gasteiger partial charge on any atom is 0.239 e. The molecule has 84 valence electrons. The number of pyridine rings is 1. The number of carbonyl (C=O) groups excluding carboxylic acids is 1. The van der Waals surface area contributed by atoms with Crippen molar-refractivity contribution in [2.75, 3.05) is 7.05 Å². The highest BCUT2D eigenvalue weighted by atomic mass is 32.1. The lowest BCUT2D eigenvalue weighted by Gasteiger charge is -2.02. The van der Waals surface area contributed by atoms with E-state index < -0.39 is 0 Å². The van der Waals surface area contributed by atoms with Gasteiger partial charge < -0.3 is 10.3 Å². The van der Waals surface area contributed by atoms with Crippen molar-refractivity contribution in [3.8, 4) is 0 Å². The van der Waals surface area contributed by atoms with Crippen molar-refractivity contribution in [2.45, 2.75) is 13.5 Å². The van der Waals surface area contributed by atoms with Gasteiger partial charge in [-0.25, -0.2) is 4.98 Å². The van der Waals surface area contributed by atoms with Crippen molar-refractivity contribution in [1.29, 1.82) is 0 Å². The molecule has 1 amide bonds. The maximum atomic E-state index is 11.3. The summed E-state index contributed by atoms with van der Waals surface area (Å²) < 4.78 is 2.21. The summed E-state index contributed by atoms with van der Waals surface area (Å²) in [5.41, 5.74) is 2.66. The molecule has 0 aliphatic heterocycles. The van der Waals surface area contributed by atoms with Crippen LogP contribution in [0.4, 0.5) is 0 Å². The van der Waals surface area contributed by atoms with E-state index in [1.807, 2.05) is 13.0 Å². The van der Waals surface area contributed by atoms with Gasteiger partial charge in [0.2, 0.25) is 5.91 Å². The van der Waals surface area contributed by atoms with Crippen LogP contribution >= 0.6 is 12.2 Å². The molecule has 2 rings (SSSR count). The number of likely N-dealkylation sites (N-methyl/N-ethyl adjacent to an activating group) is 1. The Morgan fingerprint density at radius 1 is 1.69 bits per heavy atom. The Kier molecular flexibility index (Phi) is 2.74. The van der Waals surface area contributed by atoms with E-state index in [0.29, 0.717) is 10.4 Å². The second kappa shape index (κ2) is 4.05. The van der Waals surface area contributed by atoms with Crippen molar-refractivity contribution in [3.63, 3.8) is 0 Å². The van der Waals surface area contributed by atoms with E-state index in [1.165, 1.54) is 0 Å². The van der Waals surface area contributed by atoms with Crippen molar-refractivity contribution >= 4 is 29.3 Å². The van der Waals surface area contributed by atoms with Crippen molar-refractivity contribution in [1.82, 2.24) is 19.9 Å². The largest absolute Gasteiger partial charge is 0.358 e. The first-order valence-corrected chi connectivity index (χ1v) is 5.29. The normalized spacial score (nSPS) is 10.6. The Balaban J connectivity index is 2.61. The van der Waals surface area contributed by atoms with E-state index in [9.17, 15) is 4.79 Å². The number of aromatic amines is 1. The topological polar surface area (TPSA) is 62.7 Å². The predicted molar refractivity (Wildman–Crippen MR) is 63.7 cm³/mol. The standard InChI is InChI=1S/C10H12N4OS/c1-6-3-4-12-9-8(6)13-10(16)14(9)5-7(15)11-2/h3-4H,5H2,1-2H3,(H,11,15)(H,13,16). The number of nitrogens with one attached hydrogen (secondary N) is 2. The zero-order valence-electron chi connectivity index (χ0n) is 9.07. The van der Waals surface area contributed by atoms with Gasteiger partial charge in [-0.15, -0.1) is 0 Å². The van der Waals surface area contributed by atoms with Crippen LogP contribution in [0, 0.1) is 11.7 Å². The van der Waals surface area contributed by atoms with Crippen LogP contribution < -0.4 is 5.32 Å². The first kappa shape index (κ1) is 10.8. The second-order valence-electron chi connectivity index (χ2n) is 3.52. The summed E-state index contributed by atoms with van der Waals surface area (Å²) in [5.74, 6) is -0.0969. The number of fused-ring (bicyclic) bond motifs is 1. The van der Waals surface area contributed by atoms with Crippen molar-refractivity contribution < 1.29 is 4.79 Å². The van der Waals surface area contributed by atoms with E-state index >= 15 is 0 Å². The SMILES string of the molecule is CNC(=O)Cn1c(=S)[nH]c2c(C)ccnc21. The first-order valence-electron chi connectivity index (χ1n) is 4.88. The Morgan fingerprint density at radius 3 is 3.12 bits per heavy atom. The minimum absolute atomic E-state index is 0.0969. The molecule has 0 radical (unpaired) electrons. The zero-order chi connectivity index (χ0) is 11.7. The van der Waals surface area contributed by atoms with Gasteiger partial charge in [0, 0.05) is 13.2 Å². The molecule has 2 aromatic heterocycles. The number of H-pyrrole nitrogens is 1. The minimum Gasteiger partial charge on any atom is -0.358 e. The molecule has 0 aliphatic rings. The molecule has 2 heterocycles. The molecule has 5 nitrogen and oxygen atoms in total. The van der Waals surface area contributed by atoms with Gasteiger partial charge in [-0.3, -0.25) is 9.36 Å². The van der Waals surface area contributed by atoms with Crippen LogP contribution in [-0.2, 0) is 11.3 Å². The van der Waals surface area contributed by atoms with Crippen molar-refractivity contribution in [3.05, 3.63) is 22.6 Å². The molecule has 0 fully saturated rings. The van der Waals surface area contributed by atoms with Crippen LogP contribution in [0.25, 0.3) is 11.2 Å². The molecule has 0 unspecified atom stereocenters. The average molecular weight is 236 g/mol. The lowest BCUT2D eigenvalue weighted by atomic mass is 10.3. The van der Waals surface area contributed by atoms with Crippen LogP contribution in [0.5, 0.6) is 0 Å². The van der Waals surface area contributed by atoms with Gasteiger partial charge in [0.05, 0.1) is 5.52 Å². The molecule has 6 heteroatoms. The monoisotopic (exact) mass is 236 g/mol. The number of hydrogen-bond donors (Lipinski definition) is 2. The fourth-order valence-corrected chi connectivity index (χ4v) is 1.80. The van der Waals surface area contributed by atoms with E-state index in [-0.39, 0.29) is 12.5 Å². The Hall–Kier alpha value is -1.69. The van der Waals surface area contributed by atoms with Gasteiger partial charge in [0.15, 0.2) is 10.4 Å². The van der Waals surface area contributed by atoms with Gasteiger partial charge in [0.25, 0.3) is 0 Å². The molecule has 0 atom stereocenters. The Labute approximate surface area is 97.5 Å². The lowest BCUT2D eigenvalue weighted by Crippen LogP contribution is -2.23. The summed E-state index contributed by atoms with van der Waals surface area (Å²) in [6.45, 7) is 2.16. The number of hydrogen-bond acceptors (Lipinski definition) is 3. The summed E-state index contributed by atoms with van der Waals surface area (Å²) in [6, 6.07) is 1.90. The summed E-state index contributed by atoms with van der Waals surface area (Å²) in [5, 5.41) is 2.56. The Bertz CT molecular complexity index is 598. The quantitative estimate of drug-likeness (QED) is 0.769. The lowest BCUT2D eigenvalue weighted by molar-refractivity contribution is -0.121. The molecular formula is C10H12N4OS. The fourth-order valence-electron chi connectivity index (χ4n) is 1.54. The van der Waals surface area contributed by atoms with E-state index in [0.717, 1.165) is 11.1 Å². The van der Waals surface area contributed by atoms with Crippen LogP contribution in [0.3, 0.4) is 0 Å². The van der Waals surface area contributed by atoms with E-state index in [2.05, 4.69) is 15.3 Å². The first-order chi connectivity index (χ1) is 7.63. The predicted octanol–water partition coefficient (Wildman–Crippen LogP) is 1.15. The molecule has 0 saturated carbocycles. The average Bonchev–Trinajstić information content (AvgIpc) is 2.58. The van der Waals surface area contributed by atoms with Crippen molar-refractivity contribution in [2.24, 2.45) is 0 Å². The van der Waals surface area contributed by atoms with Crippen LogP contribution in [0.15, 0.2) is 12.3 Å². The van der Waals surface area contributed by atoms with Gasteiger partial charge in [-0.1, -0.05) is 0 Å². The summed E-state index contributed by atoms with van der Waals surface area (Å²) in [6.07, 6.45) is 1.71. The summed E-state index contributed by atoms with van der Waals surface area (Å²) >= 11 is 5.17. The third-order valence-electron chi connectivity index (χ3n) is 2.45. The highest BCUT2D eigenvalue weighted by molar-refractivity contribution is 7.71. The third kappa shape index (κ3) is 1.71. The smallest absolute Gasteiger partial charge is 0.239 e. The molecular weight excluding hydrogens is 224 g/mol. The molecule has 0 bridgehead atoms. The fraction of sp³-hybridized carbons (Fsp3) is 0.300. The maximum absolute atomic E-state index is 11.3. The second-order valence-corrected chi connectivity index (χ2v) is 3.90. The number of nitrogens with zero attached hydrogens (tertiary/aromatic N) is 2. The van der Waals surface area contributed by atoms with Gasteiger partial charge in [0.1, 0.15) is 6.54 Å². The molecule has 0 spiro atoms. The summed E-state index contributed by atoms with van der Waals surface area (Å²) in [4.78, 5) is 18.6. The Morgan fingerprint density at radius 2 is 2.44 bits per heavy atom. The molecule has 0 aromatic carbocycles. The van der Waals surface area contributed by atoms with E-state index in [1.54, 1.807) is 17.8 Å². The number of aromatic nitrogens is 3. The van der Waals surface area contributed by atoms with Crippen LogP contribution in [-0.4, -0.2) is 27.5 Å². The zero-order valence-corrected chi connectivity index (χ0v) is 9.89. The highest BCUT2D eigenvalue weighted by Gasteiger charge is 2.09. The van der Waals surface area contributed by atoms with Crippen LogP contribution in [0.1, 0.15) is 5.56 Å². The number of aryl methyl sites for hydroxylation is 1. The van der Waals surface area contributed by atoms with Gasteiger partial charge in [-0.05, 0) is 30.8 Å². The molecule has 16 heavy (non-hydrogen) atoms.